The van der Waals surface area contributed by atoms with Crippen molar-refractivity contribution in [1.29, 1.82) is 0 Å². The van der Waals surface area contributed by atoms with E-state index in [-0.39, 0.29) is 16.6 Å². The summed E-state index contributed by atoms with van der Waals surface area (Å²) in [4.78, 5) is 16.5. The maximum Gasteiger partial charge on any atom is 0.243 e. The molecule has 34 heavy (non-hydrogen) atoms. The van der Waals surface area contributed by atoms with Gasteiger partial charge < -0.3 is 15.0 Å². The van der Waals surface area contributed by atoms with E-state index in [2.05, 4.69) is 28.4 Å². The van der Waals surface area contributed by atoms with E-state index in [1.807, 2.05) is 19.9 Å². The van der Waals surface area contributed by atoms with E-state index >= 15 is 0 Å². The summed E-state index contributed by atoms with van der Waals surface area (Å²) in [6, 6.07) is 11.3. The van der Waals surface area contributed by atoms with Crippen molar-refractivity contribution >= 4 is 39.1 Å². The molecule has 0 saturated carbocycles. The van der Waals surface area contributed by atoms with Gasteiger partial charge in [0.25, 0.3) is 0 Å². The summed E-state index contributed by atoms with van der Waals surface area (Å²) in [6.45, 7) is 7.33. The number of benzene rings is 2. The van der Waals surface area contributed by atoms with Gasteiger partial charge in [0, 0.05) is 31.1 Å². The van der Waals surface area contributed by atoms with Crippen LogP contribution in [0.25, 0.3) is 0 Å². The third kappa shape index (κ3) is 5.94. The lowest BCUT2D eigenvalue weighted by Gasteiger charge is -2.31. The molecule has 0 spiro atoms. The van der Waals surface area contributed by atoms with Crippen molar-refractivity contribution in [3.05, 3.63) is 47.5 Å². The van der Waals surface area contributed by atoms with Gasteiger partial charge in [-0.25, -0.2) is 8.42 Å². The van der Waals surface area contributed by atoms with Crippen LogP contribution in [0.15, 0.2) is 46.2 Å². The molecule has 1 N–H and O–H groups in total. The van der Waals surface area contributed by atoms with Crippen molar-refractivity contribution in [2.45, 2.75) is 42.9 Å². The molecule has 2 aliphatic heterocycles. The quantitative estimate of drug-likeness (QED) is 0.575. The molecule has 184 valence electrons. The second kappa shape index (κ2) is 11.1. The Hall–Kier alpha value is -2.07. The third-order valence-electron chi connectivity index (χ3n) is 6.25. The molecule has 0 atom stereocenters. The van der Waals surface area contributed by atoms with Crippen LogP contribution in [0.1, 0.15) is 30.4 Å². The number of rotatable bonds is 7. The number of amides is 1. The van der Waals surface area contributed by atoms with Gasteiger partial charge in [-0.3, -0.25) is 4.79 Å². The van der Waals surface area contributed by atoms with Crippen molar-refractivity contribution < 1.29 is 17.9 Å². The zero-order valence-corrected chi connectivity index (χ0v) is 21.5. The first kappa shape index (κ1) is 25.0. The highest BCUT2D eigenvalue weighted by atomic mass is 32.2. The average Bonchev–Trinajstić information content (AvgIpc) is 2.85. The first-order valence-corrected chi connectivity index (χ1v) is 14.2. The Bertz CT molecular complexity index is 1120. The van der Waals surface area contributed by atoms with E-state index in [0.29, 0.717) is 32.0 Å². The number of carbonyl (C=O) groups excluding carboxylic acids is 1. The van der Waals surface area contributed by atoms with Gasteiger partial charge in [-0.15, -0.1) is 11.8 Å². The van der Waals surface area contributed by atoms with E-state index in [0.717, 1.165) is 47.6 Å². The molecule has 1 amide bonds. The van der Waals surface area contributed by atoms with E-state index in [1.165, 1.54) is 22.5 Å². The summed E-state index contributed by atoms with van der Waals surface area (Å²) >= 11 is 1.50. The van der Waals surface area contributed by atoms with Crippen LogP contribution in [0.5, 0.6) is 0 Å². The largest absolute Gasteiger partial charge is 0.379 e. The Balaban J connectivity index is 1.56. The van der Waals surface area contributed by atoms with Gasteiger partial charge in [-0.1, -0.05) is 17.7 Å². The monoisotopic (exact) mass is 503 g/mol. The Labute approximate surface area is 206 Å². The molecule has 0 aliphatic carbocycles. The van der Waals surface area contributed by atoms with Crippen molar-refractivity contribution in [3.8, 4) is 0 Å². The lowest BCUT2D eigenvalue weighted by molar-refractivity contribution is -0.113. The Morgan fingerprint density at radius 1 is 1.00 bits per heavy atom. The molecule has 2 saturated heterocycles. The molecule has 0 bridgehead atoms. The smallest absolute Gasteiger partial charge is 0.243 e. The molecule has 0 radical (unpaired) electrons. The lowest BCUT2D eigenvalue weighted by atomic mass is 10.1. The van der Waals surface area contributed by atoms with Crippen molar-refractivity contribution in [2.24, 2.45) is 0 Å². The molecule has 4 rings (SSSR count). The Morgan fingerprint density at radius 2 is 1.74 bits per heavy atom. The number of thioether (sulfide) groups is 1. The van der Waals surface area contributed by atoms with Crippen LogP contribution in [-0.4, -0.2) is 63.8 Å². The second-order valence-corrected chi connectivity index (χ2v) is 11.8. The van der Waals surface area contributed by atoms with Gasteiger partial charge in [0.15, 0.2) is 0 Å². The fourth-order valence-corrected chi connectivity index (χ4v) is 6.67. The topological polar surface area (TPSA) is 79.0 Å². The van der Waals surface area contributed by atoms with Crippen molar-refractivity contribution in [2.75, 3.05) is 55.4 Å². The Morgan fingerprint density at radius 3 is 2.47 bits per heavy atom. The first-order chi connectivity index (χ1) is 16.3. The Kier molecular flexibility index (Phi) is 8.18. The van der Waals surface area contributed by atoms with Gasteiger partial charge in [-0.2, -0.15) is 4.31 Å². The number of hydrogen-bond donors (Lipinski definition) is 1. The summed E-state index contributed by atoms with van der Waals surface area (Å²) in [5.41, 5.74) is 3.73. The van der Waals surface area contributed by atoms with E-state index in [9.17, 15) is 13.2 Å². The number of sulfonamides is 1. The first-order valence-electron chi connectivity index (χ1n) is 11.8. The van der Waals surface area contributed by atoms with Crippen LogP contribution in [0, 0.1) is 13.8 Å². The highest BCUT2D eigenvalue weighted by Crippen LogP contribution is 2.33. The maximum atomic E-state index is 13.2. The SMILES string of the molecule is Cc1ccc(C)c(SCC(=O)Nc2cc(S(=O)(=O)N3CCOCC3)ccc2N2CCCCC2)c1. The molecule has 9 heteroatoms. The van der Waals surface area contributed by atoms with Crippen molar-refractivity contribution in [1.82, 2.24) is 4.31 Å². The third-order valence-corrected chi connectivity index (χ3v) is 9.30. The number of morpholine rings is 1. The molecule has 0 unspecified atom stereocenters. The van der Waals surface area contributed by atoms with Gasteiger partial charge >= 0.3 is 0 Å². The summed E-state index contributed by atoms with van der Waals surface area (Å²) in [6.07, 6.45) is 3.36. The molecule has 2 fully saturated rings. The summed E-state index contributed by atoms with van der Waals surface area (Å²) < 4.78 is 33.2. The number of ether oxygens (including phenoxy) is 1. The molecular weight excluding hydrogens is 470 g/mol. The fraction of sp³-hybridized carbons (Fsp3) is 0.480. The minimum absolute atomic E-state index is 0.148. The molecule has 2 aromatic rings. The van der Waals surface area contributed by atoms with Crippen LogP contribution in [0.2, 0.25) is 0 Å². The number of piperidine rings is 1. The van der Waals surface area contributed by atoms with E-state index in [4.69, 9.17) is 4.74 Å². The fourth-order valence-electron chi connectivity index (χ4n) is 4.31. The molecular formula is C25H33N3O4S2. The minimum atomic E-state index is -3.66. The predicted molar refractivity (Wildman–Crippen MR) is 137 cm³/mol. The highest BCUT2D eigenvalue weighted by molar-refractivity contribution is 8.00. The predicted octanol–water partition coefficient (Wildman–Crippen LogP) is 4.05. The number of nitrogens with zero attached hydrogens (tertiary/aromatic N) is 2. The number of aryl methyl sites for hydroxylation is 2. The summed E-state index contributed by atoms with van der Waals surface area (Å²) in [5.74, 6) is 0.106. The number of carbonyl (C=O) groups is 1. The molecule has 2 aromatic carbocycles. The summed E-state index contributed by atoms with van der Waals surface area (Å²) in [5, 5.41) is 3.02. The van der Waals surface area contributed by atoms with Crippen LogP contribution < -0.4 is 10.2 Å². The van der Waals surface area contributed by atoms with Gasteiger partial charge in [-0.05, 0) is 62.9 Å². The van der Waals surface area contributed by atoms with Crippen LogP contribution in [-0.2, 0) is 19.6 Å². The van der Waals surface area contributed by atoms with Crippen LogP contribution in [0.3, 0.4) is 0 Å². The highest BCUT2D eigenvalue weighted by Gasteiger charge is 2.28. The van der Waals surface area contributed by atoms with Crippen LogP contribution >= 0.6 is 11.8 Å². The number of anilines is 2. The van der Waals surface area contributed by atoms with E-state index < -0.39 is 10.0 Å². The molecule has 2 aliphatic rings. The maximum absolute atomic E-state index is 13.2. The lowest BCUT2D eigenvalue weighted by Crippen LogP contribution is -2.40. The van der Waals surface area contributed by atoms with Gasteiger partial charge in [0.2, 0.25) is 15.9 Å². The second-order valence-electron chi connectivity index (χ2n) is 8.85. The molecule has 2 heterocycles. The average molecular weight is 504 g/mol. The number of hydrogen-bond acceptors (Lipinski definition) is 6. The van der Waals surface area contributed by atoms with E-state index in [1.54, 1.807) is 12.1 Å². The van der Waals surface area contributed by atoms with Gasteiger partial charge in [0.1, 0.15) is 0 Å². The summed E-state index contributed by atoms with van der Waals surface area (Å²) in [7, 11) is -3.66. The molecule has 7 nitrogen and oxygen atoms in total. The van der Waals surface area contributed by atoms with Crippen LogP contribution in [0.4, 0.5) is 11.4 Å². The van der Waals surface area contributed by atoms with Crippen molar-refractivity contribution in [3.63, 3.8) is 0 Å². The standard InChI is InChI=1S/C25H33N3O4S2/c1-19-6-7-20(2)24(16-19)33-18-25(29)26-22-17-21(34(30,31)28-12-14-32-15-13-28)8-9-23(22)27-10-4-3-5-11-27/h6-9,16-17H,3-5,10-15,18H2,1-2H3,(H,26,29). The zero-order chi connectivity index (χ0) is 24.1. The zero-order valence-electron chi connectivity index (χ0n) is 19.9. The molecule has 0 aromatic heterocycles. The normalized spacial score (nSPS) is 17.5. The number of nitrogens with one attached hydrogen (secondary N) is 1. The minimum Gasteiger partial charge on any atom is -0.379 e. The van der Waals surface area contributed by atoms with Gasteiger partial charge in [0.05, 0.1) is 35.2 Å².